The number of benzene rings is 2. The highest BCUT2D eigenvalue weighted by Crippen LogP contribution is 2.41. The zero-order chi connectivity index (χ0) is 23.6. The van der Waals surface area contributed by atoms with Crippen LogP contribution in [0.25, 0.3) is 6.08 Å². The van der Waals surface area contributed by atoms with E-state index < -0.39 is 34.7 Å². The summed E-state index contributed by atoms with van der Waals surface area (Å²) in [6.07, 6.45) is -4.08. The summed E-state index contributed by atoms with van der Waals surface area (Å²) in [4.78, 5) is 25.4. The number of carbonyl (C=O) groups is 2. The lowest BCUT2D eigenvalue weighted by Gasteiger charge is -2.17. The Morgan fingerprint density at radius 3 is 2.62 bits per heavy atom. The first-order valence-electron chi connectivity index (χ1n) is 9.16. The van der Waals surface area contributed by atoms with Crippen molar-refractivity contribution in [2.45, 2.75) is 25.6 Å². The first kappa shape index (κ1) is 24.1. The van der Waals surface area contributed by atoms with Crippen LogP contribution in [0, 0.1) is 0 Å². The topological polar surface area (TPSA) is 66.8 Å². The molecule has 0 aromatic heterocycles. The van der Waals surface area contributed by atoms with Crippen LogP contribution in [0.1, 0.15) is 24.5 Å². The van der Waals surface area contributed by atoms with Crippen LogP contribution in [-0.2, 0) is 15.8 Å². The van der Waals surface area contributed by atoms with Gasteiger partial charge in [-0.1, -0.05) is 60.7 Å². The first-order chi connectivity index (χ1) is 15.0. The minimum Gasteiger partial charge on any atom is -0.479 e. The molecular weight excluding hydrogens is 487 g/mol. The summed E-state index contributed by atoms with van der Waals surface area (Å²) in [5, 5.41) is 8.75. The molecule has 0 radical (unpaired) electrons. The molecule has 0 saturated carbocycles. The minimum atomic E-state index is -4.69. The van der Waals surface area contributed by atoms with Crippen LogP contribution in [0.2, 0.25) is 5.02 Å². The number of halogens is 4. The predicted octanol–water partition coefficient (Wildman–Crippen LogP) is 6.01. The fraction of sp³-hybridized carbons (Fsp3) is 0.190. The van der Waals surface area contributed by atoms with Crippen molar-refractivity contribution in [3.63, 3.8) is 0 Å². The lowest BCUT2D eigenvalue weighted by atomic mass is 10.1. The molecule has 1 fully saturated rings. The van der Waals surface area contributed by atoms with Crippen molar-refractivity contribution in [3.8, 4) is 5.75 Å². The van der Waals surface area contributed by atoms with E-state index in [1.165, 1.54) is 12.1 Å². The Morgan fingerprint density at radius 2 is 2.00 bits per heavy atom. The zero-order valence-corrected chi connectivity index (χ0v) is 18.7. The van der Waals surface area contributed by atoms with Crippen LogP contribution in [0.5, 0.6) is 5.75 Å². The van der Waals surface area contributed by atoms with Gasteiger partial charge >= 0.3 is 12.1 Å². The van der Waals surface area contributed by atoms with Crippen molar-refractivity contribution < 1.29 is 32.6 Å². The van der Waals surface area contributed by atoms with Gasteiger partial charge in [-0.3, -0.25) is 9.69 Å². The number of alkyl halides is 3. The van der Waals surface area contributed by atoms with Crippen LogP contribution in [0.15, 0.2) is 47.4 Å². The second-order valence-electron chi connectivity index (χ2n) is 6.57. The van der Waals surface area contributed by atoms with Crippen molar-refractivity contribution in [1.82, 2.24) is 0 Å². The van der Waals surface area contributed by atoms with E-state index in [0.29, 0.717) is 5.56 Å². The first-order valence-corrected chi connectivity index (χ1v) is 10.8. The fourth-order valence-electron chi connectivity index (χ4n) is 2.87. The van der Waals surface area contributed by atoms with Crippen LogP contribution in [0.4, 0.5) is 18.9 Å². The summed E-state index contributed by atoms with van der Waals surface area (Å²) < 4.78 is 45.3. The normalized spacial score (nSPS) is 16.5. The number of carboxylic acids is 1. The minimum absolute atomic E-state index is 0.0482. The van der Waals surface area contributed by atoms with Gasteiger partial charge in [0.15, 0.2) is 10.4 Å². The van der Waals surface area contributed by atoms with E-state index >= 15 is 0 Å². The molecule has 5 nitrogen and oxygen atoms in total. The molecule has 168 valence electrons. The Hall–Kier alpha value is -2.56. The highest BCUT2D eigenvalue weighted by Gasteiger charge is 2.37. The number of amides is 1. The van der Waals surface area contributed by atoms with Crippen molar-refractivity contribution in [1.29, 1.82) is 0 Å². The molecule has 0 bridgehead atoms. The van der Waals surface area contributed by atoms with E-state index in [1.807, 2.05) is 0 Å². The Labute approximate surface area is 195 Å². The molecule has 2 aromatic carbocycles. The van der Waals surface area contributed by atoms with Crippen molar-refractivity contribution in [2.75, 3.05) is 4.90 Å². The van der Waals surface area contributed by atoms with Gasteiger partial charge in [-0.2, -0.15) is 13.2 Å². The molecule has 3 rings (SSSR count). The van der Waals surface area contributed by atoms with Gasteiger partial charge in [0.25, 0.3) is 5.91 Å². The number of carbonyl (C=O) groups excluding carboxylic acids is 1. The standard InChI is InChI=1S/C21H15ClF3NO4S2/c1-2-15(19(28)29)30-16-6-4-3-5-11(16)9-17-18(27)26(20(31)32-17)12-7-8-14(22)13(10-12)21(23,24)25/h3-10,15H,2H2,1H3,(H,28,29)/b17-9+. The SMILES string of the molecule is CCC(Oc1ccccc1/C=C1/SC(=S)N(c2ccc(Cl)c(C(F)(F)F)c2)C1=O)C(=O)O. The third-order valence-electron chi connectivity index (χ3n) is 4.43. The molecule has 1 saturated heterocycles. The molecule has 1 atom stereocenters. The lowest BCUT2D eigenvalue weighted by Crippen LogP contribution is -2.28. The van der Waals surface area contributed by atoms with Gasteiger partial charge in [0, 0.05) is 5.56 Å². The Bertz CT molecular complexity index is 1120. The number of thioether (sulfide) groups is 1. The fourth-order valence-corrected chi connectivity index (χ4v) is 4.38. The quantitative estimate of drug-likeness (QED) is 0.386. The number of hydrogen-bond acceptors (Lipinski definition) is 5. The second kappa shape index (κ2) is 9.51. The molecule has 32 heavy (non-hydrogen) atoms. The second-order valence-corrected chi connectivity index (χ2v) is 8.65. The molecule has 11 heteroatoms. The number of thiocarbonyl (C=S) groups is 1. The lowest BCUT2D eigenvalue weighted by molar-refractivity contribution is -0.145. The molecule has 1 aliphatic heterocycles. The summed E-state index contributed by atoms with van der Waals surface area (Å²) in [5.74, 6) is -1.50. The maximum Gasteiger partial charge on any atom is 0.417 e. The highest BCUT2D eigenvalue weighted by molar-refractivity contribution is 8.27. The van der Waals surface area contributed by atoms with Gasteiger partial charge in [0.2, 0.25) is 0 Å². The Morgan fingerprint density at radius 1 is 1.31 bits per heavy atom. The third kappa shape index (κ3) is 5.08. The van der Waals surface area contributed by atoms with Crippen molar-refractivity contribution in [3.05, 3.63) is 63.5 Å². The van der Waals surface area contributed by atoms with E-state index in [1.54, 1.807) is 31.2 Å². The van der Waals surface area contributed by atoms with Gasteiger partial charge < -0.3 is 9.84 Å². The van der Waals surface area contributed by atoms with Crippen LogP contribution < -0.4 is 9.64 Å². The summed E-state index contributed by atoms with van der Waals surface area (Å²) in [7, 11) is 0. The Balaban J connectivity index is 1.95. The molecule has 1 unspecified atom stereocenters. The largest absolute Gasteiger partial charge is 0.479 e. The molecule has 0 spiro atoms. The number of anilines is 1. The molecule has 1 aliphatic rings. The van der Waals surface area contributed by atoms with Crippen molar-refractivity contribution in [2.24, 2.45) is 0 Å². The Kier molecular flexibility index (Phi) is 7.16. The van der Waals surface area contributed by atoms with Gasteiger partial charge in [-0.05, 0) is 36.8 Å². The van der Waals surface area contributed by atoms with Crippen LogP contribution in [0.3, 0.4) is 0 Å². The molecule has 2 aromatic rings. The monoisotopic (exact) mass is 501 g/mol. The number of carboxylic acid groups (broad SMARTS) is 1. The molecular formula is C21H15ClF3NO4S2. The number of rotatable bonds is 6. The van der Waals surface area contributed by atoms with Crippen LogP contribution >= 0.6 is 35.6 Å². The summed E-state index contributed by atoms with van der Waals surface area (Å²) >= 11 is 11.8. The van der Waals surface area contributed by atoms with E-state index in [0.717, 1.165) is 28.8 Å². The maximum atomic E-state index is 13.2. The van der Waals surface area contributed by atoms with E-state index in [-0.39, 0.29) is 27.1 Å². The van der Waals surface area contributed by atoms with Gasteiger partial charge in [0.05, 0.1) is 21.2 Å². The van der Waals surface area contributed by atoms with Gasteiger partial charge in [-0.15, -0.1) is 0 Å². The molecule has 1 amide bonds. The summed E-state index contributed by atoms with van der Waals surface area (Å²) in [5.41, 5.74) is -0.707. The van der Waals surface area contributed by atoms with E-state index in [4.69, 9.17) is 28.6 Å². The number of para-hydroxylation sites is 1. The van der Waals surface area contributed by atoms with Gasteiger partial charge in [0.1, 0.15) is 5.75 Å². The van der Waals surface area contributed by atoms with E-state index in [2.05, 4.69) is 0 Å². The number of aliphatic carboxylic acids is 1. The number of hydrogen-bond donors (Lipinski definition) is 1. The molecule has 0 aliphatic carbocycles. The van der Waals surface area contributed by atoms with Crippen LogP contribution in [-0.4, -0.2) is 27.4 Å². The van der Waals surface area contributed by atoms with Crippen molar-refractivity contribution >= 4 is 63.5 Å². The maximum absolute atomic E-state index is 13.2. The smallest absolute Gasteiger partial charge is 0.417 e. The average molecular weight is 502 g/mol. The summed E-state index contributed by atoms with van der Waals surface area (Å²) in [6, 6.07) is 9.62. The molecule has 1 heterocycles. The summed E-state index contributed by atoms with van der Waals surface area (Å²) in [6.45, 7) is 1.66. The number of ether oxygens (including phenoxy) is 1. The highest BCUT2D eigenvalue weighted by atomic mass is 35.5. The average Bonchev–Trinajstić information content (AvgIpc) is 2.99. The predicted molar refractivity (Wildman–Crippen MR) is 121 cm³/mol. The van der Waals surface area contributed by atoms with Gasteiger partial charge in [-0.25, -0.2) is 4.79 Å². The number of nitrogens with zero attached hydrogens (tertiary/aromatic N) is 1. The molecule has 1 N–H and O–H groups in total. The third-order valence-corrected chi connectivity index (χ3v) is 6.06. The zero-order valence-electron chi connectivity index (χ0n) is 16.4. The van der Waals surface area contributed by atoms with E-state index in [9.17, 15) is 27.9 Å².